The molecule has 0 saturated heterocycles. The number of H-pyrrole nitrogens is 1. The molecule has 0 spiro atoms. The van der Waals surface area contributed by atoms with Crippen molar-refractivity contribution in [1.29, 1.82) is 0 Å². The summed E-state index contributed by atoms with van der Waals surface area (Å²) in [5.41, 5.74) is 2.72. The second kappa shape index (κ2) is 5.89. The monoisotopic (exact) mass is 261 g/mol. The van der Waals surface area contributed by atoms with Crippen LogP contribution in [0.5, 0.6) is 0 Å². The Kier molecular flexibility index (Phi) is 4.22. The zero-order chi connectivity index (χ0) is 13.8. The SMILES string of the molecule is CC[NH+](CC)Cc1c[nH]c2c(C(=O)OC)cccc12. The second-order valence-electron chi connectivity index (χ2n) is 4.67. The standard InChI is InChI=1S/C15H20N2O2/c1-4-17(5-2)10-11-9-16-14-12(11)7-6-8-13(14)15(18)19-3/h6-9,16H,4-5,10H2,1-3H3/p+1. The molecule has 0 aliphatic heterocycles. The lowest BCUT2D eigenvalue weighted by molar-refractivity contribution is -0.910. The molecule has 2 N–H and O–H groups in total. The number of carbonyl (C=O) groups is 1. The fourth-order valence-corrected chi connectivity index (χ4v) is 2.41. The van der Waals surface area contributed by atoms with Crippen LogP contribution in [0.2, 0.25) is 0 Å². The van der Waals surface area contributed by atoms with Crippen LogP contribution in [-0.2, 0) is 11.3 Å². The van der Waals surface area contributed by atoms with Crippen molar-refractivity contribution in [3.63, 3.8) is 0 Å². The van der Waals surface area contributed by atoms with E-state index in [0.717, 1.165) is 30.5 Å². The van der Waals surface area contributed by atoms with Crippen LogP contribution in [0, 0.1) is 0 Å². The van der Waals surface area contributed by atoms with Crippen molar-refractivity contribution in [1.82, 2.24) is 4.98 Å². The van der Waals surface area contributed by atoms with Crippen molar-refractivity contribution < 1.29 is 14.4 Å². The lowest BCUT2D eigenvalue weighted by Gasteiger charge is -2.14. The Labute approximate surface area is 113 Å². The number of carbonyl (C=O) groups excluding carboxylic acids is 1. The maximum absolute atomic E-state index is 11.7. The highest BCUT2D eigenvalue weighted by Crippen LogP contribution is 2.21. The number of methoxy groups -OCH3 is 1. The maximum atomic E-state index is 11.7. The first-order valence-electron chi connectivity index (χ1n) is 6.72. The molecule has 0 aliphatic carbocycles. The number of fused-ring (bicyclic) bond motifs is 1. The van der Waals surface area contributed by atoms with Gasteiger partial charge < -0.3 is 14.6 Å². The Bertz CT molecular complexity index is 571. The van der Waals surface area contributed by atoms with Crippen LogP contribution in [0.25, 0.3) is 10.9 Å². The number of esters is 1. The maximum Gasteiger partial charge on any atom is 0.339 e. The largest absolute Gasteiger partial charge is 0.465 e. The third-order valence-electron chi connectivity index (χ3n) is 3.65. The van der Waals surface area contributed by atoms with Crippen molar-refractivity contribution in [2.45, 2.75) is 20.4 Å². The zero-order valence-corrected chi connectivity index (χ0v) is 11.7. The molecule has 1 heterocycles. The Hall–Kier alpha value is -1.81. The molecule has 4 nitrogen and oxygen atoms in total. The van der Waals surface area contributed by atoms with Gasteiger partial charge in [0.1, 0.15) is 6.54 Å². The molecule has 4 heteroatoms. The molecule has 2 rings (SSSR count). The molecule has 0 aliphatic rings. The number of ether oxygens (including phenoxy) is 1. The minimum absolute atomic E-state index is 0.297. The summed E-state index contributed by atoms with van der Waals surface area (Å²) in [5, 5.41) is 1.11. The van der Waals surface area contributed by atoms with Gasteiger partial charge in [-0.1, -0.05) is 12.1 Å². The third-order valence-corrected chi connectivity index (χ3v) is 3.65. The topological polar surface area (TPSA) is 46.5 Å². The van der Waals surface area contributed by atoms with Crippen LogP contribution in [0.1, 0.15) is 29.8 Å². The average molecular weight is 261 g/mol. The number of para-hydroxylation sites is 1. The first kappa shape index (κ1) is 13.6. The fourth-order valence-electron chi connectivity index (χ4n) is 2.41. The van der Waals surface area contributed by atoms with E-state index in [2.05, 4.69) is 24.9 Å². The van der Waals surface area contributed by atoms with Crippen molar-refractivity contribution in [3.05, 3.63) is 35.5 Å². The van der Waals surface area contributed by atoms with Crippen LogP contribution < -0.4 is 4.90 Å². The molecule has 0 unspecified atom stereocenters. The molecular formula is C15H21N2O2+. The summed E-state index contributed by atoms with van der Waals surface area (Å²) >= 11 is 0. The Balaban J connectivity index is 2.41. The number of aromatic nitrogens is 1. The Morgan fingerprint density at radius 3 is 2.68 bits per heavy atom. The van der Waals surface area contributed by atoms with Gasteiger partial charge in [-0.15, -0.1) is 0 Å². The lowest BCUT2D eigenvalue weighted by Crippen LogP contribution is -3.10. The van der Waals surface area contributed by atoms with E-state index in [0.29, 0.717) is 5.56 Å². The van der Waals surface area contributed by atoms with E-state index in [9.17, 15) is 4.79 Å². The minimum Gasteiger partial charge on any atom is -0.465 e. The van der Waals surface area contributed by atoms with Gasteiger partial charge in [0, 0.05) is 17.1 Å². The number of benzene rings is 1. The summed E-state index contributed by atoms with van der Waals surface area (Å²) in [6, 6.07) is 5.75. The number of aromatic amines is 1. The van der Waals surface area contributed by atoms with E-state index in [-0.39, 0.29) is 5.97 Å². The fraction of sp³-hybridized carbons (Fsp3) is 0.400. The zero-order valence-electron chi connectivity index (χ0n) is 11.7. The highest BCUT2D eigenvalue weighted by molar-refractivity contribution is 6.03. The Morgan fingerprint density at radius 1 is 1.32 bits per heavy atom. The summed E-state index contributed by atoms with van der Waals surface area (Å²) < 4.78 is 4.81. The van der Waals surface area contributed by atoms with Gasteiger partial charge in [-0.05, 0) is 19.9 Å². The quantitative estimate of drug-likeness (QED) is 0.799. The molecule has 19 heavy (non-hydrogen) atoms. The normalized spacial score (nSPS) is 11.2. The predicted molar refractivity (Wildman–Crippen MR) is 75.4 cm³/mol. The molecule has 0 bridgehead atoms. The summed E-state index contributed by atoms with van der Waals surface area (Å²) in [6.45, 7) is 7.54. The summed E-state index contributed by atoms with van der Waals surface area (Å²) in [4.78, 5) is 16.5. The van der Waals surface area contributed by atoms with Crippen LogP contribution >= 0.6 is 0 Å². The number of hydrogen-bond donors (Lipinski definition) is 2. The molecular weight excluding hydrogens is 240 g/mol. The number of hydrogen-bond acceptors (Lipinski definition) is 2. The van der Waals surface area contributed by atoms with E-state index in [1.54, 1.807) is 6.07 Å². The Morgan fingerprint density at radius 2 is 2.05 bits per heavy atom. The predicted octanol–water partition coefficient (Wildman–Crippen LogP) is 1.38. The van der Waals surface area contributed by atoms with E-state index in [1.165, 1.54) is 17.6 Å². The van der Waals surface area contributed by atoms with E-state index < -0.39 is 0 Å². The van der Waals surface area contributed by atoms with Gasteiger partial charge in [0.2, 0.25) is 0 Å². The molecule has 0 saturated carbocycles. The van der Waals surface area contributed by atoms with Gasteiger partial charge in [0.15, 0.2) is 0 Å². The summed E-state index contributed by atoms with van der Waals surface area (Å²) in [6.07, 6.45) is 2.00. The lowest BCUT2D eigenvalue weighted by atomic mass is 10.1. The van der Waals surface area contributed by atoms with Gasteiger partial charge in [0.25, 0.3) is 0 Å². The number of nitrogens with one attached hydrogen (secondary N) is 2. The second-order valence-corrected chi connectivity index (χ2v) is 4.67. The molecule has 0 amide bonds. The van der Waals surface area contributed by atoms with Gasteiger partial charge in [0.05, 0.1) is 31.3 Å². The van der Waals surface area contributed by atoms with Gasteiger partial charge >= 0.3 is 5.97 Å². The molecule has 0 atom stereocenters. The average Bonchev–Trinajstić information content (AvgIpc) is 2.86. The van der Waals surface area contributed by atoms with Crippen LogP contribution in [0.3, 0.4) is 0 Å². The van der Waals surface area contributed by atoms with Crippen LogP contribution in [0.15, 0.2) is 24.4 Å². The molecule has 2 aromatic rings. The van der Waals surface area contributed by atoms with Gasteiger partial charge in [-0.25, -0.2) is 4.79 Å². The molecule has 0 fully saturated rings. The van der Waals surface area contributed by atoms with Crippen molar-refractivity contribution >= 4 is 16.9 Å². The van der Waals surface area contributed by atoms with Crippen molar-refractivity contribution in [2.75, 3.05) is 20.2 Å². The van der Waals surface area contributed by atoms with E-state index in [4.69, 9.17) is 4.74 Å². The molecule has 102 valence electrons. The molecule has 1 aromatic carbocycles. The van der Waals surface area contributed by atoms with Crippen molar-refractivity contribution in [3.8, 4) is 0 Å². The number of rotatable bonds is 5. The summed E-state index contributed by atoms with van der Waals surface area (Å²) in [5.74, 6) is -0.297. The molecule has 1 aromatic heterocycles. The smallest absolute Gasteiger partial charge is 0.339 e. The van der Waals surface area contributed by atoms with Crippen molar-refractivity contribution in [2.24, 2.45) is 0 Å². The summed E-state index contributed by atoms with van der Waals surface area (Å²) in [7, 11) is 1.41. The highest BCUT2D eigenvalue weighted by atomic mass is 16.5. The molecule has 0 radical (unpaired) electrons. The minimum atomic E-state index is -0.297. The third kappa shape index (κ3) is 2.63. The van der Waals surface area contributed by atoms with Gasteiger partial charge in [-0.2, -0.15) is 0 Å². The van der Waals surface area contributed by atoms with Gasteiger partial charge in [-0.3, -0.25) is 0 Å². The number of quaternary nitrogens is 1. The van der Waals surface area contributed by atoms with Crippen LogP contribution in [0.4, 0.5) is 0 Å². The van der Waals surface area contributed by atoms with E-state index in [1.807, 2.05) is 12.3 Å². The first-order chi connectivity index (χ1) is 9.21. The van der Waals surface area contributed by atoms with Crippen LogP contribution in [-0.4, -0.2) is 31.2 Å². The highest BCUT2D eigenvalue weighted by Gasteiger charge is 2.15. The van der Waals surface area contributed by atoms with E-state index >= 15 is 0 Å². The first-order valence-corrected chi connectivity index (χ1v) is 6.72.